The number of carboxylic acid groups (broad SMARTS) is 3. The molecule has 148 valence electrons. The first kappa shape index (κ1) is 23.1. The molecule has 0 spiro atoms. The lowest BCUT2D eigenvalue weighted by molar-refractivity contribution is -0.144. The van der Waals surface area contributed by atoms with Gasteiger partial charge in [0.25, 0.3) is 0 Å². The van der Waals surface area contributed by atoms with Crippen LogP contribution in [0, 0.1) is 0 Å². The first-order chi connectivity index (χ1) is 11.8. The zero-order chi connectivity index (χ0) is 20.5. The maximum absolute atomic E-state index is 11.8. The van der Waals surface area contributed by atoms with Gasteiger partial charge in [-0.1, -0.05) is 0 Å². The first-order valence-corrected chi connectivity index (χ1v) is 7.78. The molecule has 2 atom stereocenters. The Kier molecular flexibility index (Phi) is 9.09. The number of hydrogen-bond donors (Lipinski definition) is 5. The summed E-state index contributed by atoms with van der Waals surface area (Å²) in [5, 5.41) is 30.8. The number of carbonyl (C=O) groups is 5. The number of aliphatic carboxylic acids is 3. The van der Waals surface area contributed by atoms with E-state index in [1.807, 2.05) is 0 Å². The molecular formula is C15H24N2O9. The predicted octanol–water partition coefficient (Wildman–Crippen LogP) is 0.179. The van der Waals surface area contributed by atoms with Crippen LogP contribution in [-0.4, -0.2) is 62.9 Å². The number of hydrogen-bond acceptors (Lipinski definition) is 6. The quantitative estimate of drug-likeness (QED) is 0.355. The Bertz CT molecular complexity index is 554. The second-order valence-corrected chi connectivity index (χ2v) is 6.47. The highest BCUT2D eigenvalue weighted by Gasteiger charge is 2.26. The SMILES string of the molecule is CC(C)(C)OC(=O)N[C@@H](CCC(=O)N[C@@H](CCC(=O)O)C(=O)O)C(=O)O. The molecule has 0 bridgehead atoms. The fraction of sp³-hybridized carbons (Fsp3) is 0.667. The molecule has 26 heavy (non-hydrogen) atoms. The van der Waals surface area contributed by atoms with Gasteiger partial charge in [0.15, 0.2) is 0 Å². The van der Waals surface area contributed by atoms with Crippen LogP contribution in [0.3, 0.4) is 0 Å². The fourth-order valence-electron chi connectivity index (χ4n) is 1.77. The van der Waals surface area contributed by atoms with Gasteiger partial charge in [0.05, 0.1) is 0 Å². The Morgan fingerprint density at radius 1 is 0.846 bits per heavy atom. The molecule has 0 aromatic heterocycles. The van der Waals surface area contributed by atoms with Crippen molar-refractivity contribution in [2.75, 3.05) is 0 Å². The lowest BCUT2D eigenvalue weighted by Crippen LogP contribution is -2.45. The van der Waals surface area contributed by atoms with E-state index in [2.05, 4.69) is 10.6 Å². The van der Waals surface area contributed by atoms with Gasteiger partial charge in [-0.3, -0.25) is 9.59 Å². The second kappa shape index (κ2) is 10.2. The van der Waals surface area contributed by atoms with Crippen molar-refractivity contribution in [3.8, 4) is 0 Å². The van der Waals surface area contributed by atoms with Crippen LogP contribution in [0.1, 0.15) is 46.5 Å². The summed E-state index contributed by atoms with van der Waals surface area (Å²) in [5.41, 5.74) is -0.830. The molecule has 2 amide bonds. The van der Waals surface area contributed by atoms with E-state index in [4.69, 9.17) is 20.1 Å². The van der Waals surface area contributed by atoms with Gasteiger partial charge in [0.2, 0.25) is 5.91 Å². The number of amides is 2. The summed E-state index contributed by atoms with van der Waals surface area (Å²) in [5.74, 6) is -4.77. The summed E-state index contributed by atoms with van der Waals surface area (Å²) >= 11 is 0. The Morgan fingerprint density at radius 3 is 1.73 bits per heavy atom. The maximum Gasteiger partial charge on any atom is 0.408 e. The van der Waals surface area contributed by atoms with Crippen LogP contribution >= 0.6 is 0 Å². The van der Waals surface area contributed by atoms with E-state index in [1.165, 1.54) is 0 Å². The largest absolute Gasteiger partial charge is 0.481 e. The number of carboxylic acids is 3. The zero-order valence-corrected chi connectivity index (χ0v) is 14.8. The third-order valence-corrected chi connectivity index (χ3v) is 2.93. The molecule has 0 saturated carbocycles. The van der Waals surface area contributed by atoms with Crippen molar-refractivity contribution in [2.45, 2.75) is 64.1 Å². The number of carbonyl (C=O) groups excluding carboxylic acids is 2. The topological polar surface area (TPSA) is 179 Å². The third kappa shape index (κ3) is 10.8. The number of ether oxygens (including phenoxy) is 1. The lowest BCUT2D eigenvalue weighted by Gasteiger charge is -2.22. The van der Waals surface area contributed by atoms with Crippen LogP contribution < -0.4 is 10.6 Å². The minimum atomic E-state index is -1.40. The molecule has 5 N–H and O–H groups in total. The van der Waals surface area contributed by atoms with Crippen LogP contribution in [-0.2, 0) is 23.9 Å². The molecular weight excluding hydrogens is 352 g/mol. The van der Waals surface area contributed by atoms with Gasteiger partial charge in [0, 0.05) is 12.8 Å². The smallest absolute Gasteiger partial charge is 0.408 e. The molecule has 0 aromatic rings. The van der Waals surface area contributed by atoms with E-state index < -0.39 is 54.0 Å². The second-order valence-electron chi connectivity index (χ2n) is 6.47. The van der Waals surface area contributed by atoms with Crippen molar-refractivity contribution in [1.29, 1.82) is 0 Å². The van der Waals surface area contributed by atoms with Crippen molar-refractivity contribution in [1.82, 2.24) is 10.6 Å². The fourth-order valence-corrected chi connectivity index (χ4v) is 1.77. The molecule has 0 aliphatic heterocycles. The normalized spacial score (nSPS) is 13.2. The van der Waals surface area contributed by atoms with Crippen LogP contribution in [0.4, 0.5) is 4.79 Å². The molecule has 11 heteroatoms. The Labute approximate surface area is 149 Å². The van der Waals surface area contributed by atoms with Gasteiger partial charge >= 0.3 is 24.0 Å². The summed E-state index contributed by atoms with van der Waals surface area (Å²) in [4.78, 5) is 56.0. The molecule has 0 radical (unpaired) electrons. The van der Waals surface area contributed by atoms with E-state index in [9.17, 15) is 24.0 Å². The Hall–Kier alpha value is -2.85. The van der Waals surface area contributed by atoms with Gasteiger partial charge in [-0.25, -0.2) is 14.4 Å². The van der Waals surface area contributed by atoms with Gasteiger partial charge in [-0.2, -0.15) is 0 Å². The molecule has 0 rings (SSSR count). The highest BCUT2D eigenvalue weighted by atomic mass is 16.6. The molecule has 0 aliphatic rings. The summed E-state index contributed by atoms with van der Waals surface area (Å²) in [7, 11) is 0. The summed E-state index contributed by atoms with van der Waals surface area (Å²) < 4.78 is 4.93. The maximum atomic E-state index is 11.8. The van der Waals surface area contributed by atoms with E-state index in [0.717, 1.165) is 0 Å². The standard InChI is InChI=1S/C15H24N2O9/c1-15(2,3)26-14(25)17-9(13(23)24)4-6-10(18)16-8(12(21)22)5-7-11(19)20/h8-9H,4-7H2,1-3H3,(H,16,18)(H,17,25)(H,19,20)(H,21,22)(H,23,24)/t8-,9-/m0/s1. The van der Waals surface area contributed by atoms with Crippen molar-refractivity contribution in [3.05, 3.63) is 0 Å². The molecule has 11 nitrogen and oxygen atoms in total. The Balaban J connectivity index is 4.61. The van der Waals surface area contributed by atoms with Crippen LogP contribution in [0.5, 0.6) is 0 Å². The van der Waals surface area contributed by atoms with Crippen molar-refractivity contribution < 1.29 is 44.0 Å². The predicted molar refractivity (Wildman–Crippen MR) is 86.5 cm³/mol. The molecule has 0 heterocycles. The number of nitrogens with one attached hydrogen (secondary N) is 2. The van der Waals surface area contributed by atoms with Gasteiger partial charge in [0.1, 0.15) is 17.7 Å². The monoisotopic (exact) mass is 376 g/mol. The molecule has 0 aromatic carbocycles. The van der Waals surface area contributed by atoms with Crippen LogP contribution in [0.2, 0.25) is 0 Å². The van der Waals surface area contributed by atoms with Crippen LogP contribution in [0.15, 0.2) is 0 Å². The lowest BCUT2D eigenvalue weighted by atomic mass is 10.1. The van der Waals surface area contributed by atoms with Crippen LogP contribution in [0.25, 0.3) is 0 Å². The average Bonchev–Trinajstić information content (AvgIpc) is 2.44. The van der Waals surface area contributed by atoms with E-state index in [-0.39, 0.29) is 19.3 Å². The van der Waals surface area contributed by atoms with Gasteiger partial charge in [-0.15, -0.1) is 0 Å². The molecule has 0 saturated heterocycles. The summed E-state index contributed by atoms with van der Waals surface area (Å²) in [6, 6.07) is -2.81. The highest BCUT2D eigenvalue weighted by Crippen LogP contribution is 2.08. The van der Waals surface area contributed by atoms with Gasteiger partial charge in [-0.05, 0) is 33.6 Å². The third-order valence-electron chi connectivity index (χ3n) is 2.93. The molecule has 0 fully saturated rings. The van der Waals surface area contributed by atoms with Gasteiger partial charge < -0.3 is 30.7 Å². The van der Waals surface area contributed by atoms with E-state index in [0.29, 0.717) is 0 Å². The number of rotatable bonds is 10. The Morgan fingerprint density at radius 2 is 1.31 bits per heavy atom. The average molecular weight is 376 g/mol. The van der Waals surface area contributed by atoms with Crippen molar-refractivity contribution >= 4 is 29.9 Å². The first-order valence-electron chi connectivity index (χ1n) is 7.78. The highest BCUT2D eigenvalue weighted by molar-refractivity contribution is 5.85. The molecule has 0 aliphatic carbocycles. The minimum Gasteiger partial charge on any atom is -0.481 e. The minimum absolute atomic E-state index is 0.300. The summed E-state index contributed by atoms with van der Waals surface area (Å²) in [6.45, 7) is 4.79. The van der Waals surface area contributed by atoms with Crippen molar-refractivity contribution in [3.63, 3.8) is 0 Å². The van der Waals surface area contributed by atoms with Crippen molar-refractivity contribution in [2.24, 2.45) is 0 Å². The summed E-state index contributed by atoms with van der Waals surface area (Å²) in [6.07, 6.45) is -2.41. The zero-order valence-electron chi connectivity index (χ0n) is 14.8. The van der Waals surface area contributed by atoms with E-state index in [1.54, 1.807) is 20.8 Å². The molecule has 0 unspecified atom stereocenters. The van der Waals surface area contributed by atoms with E-state index >= 15 is 0 Å². The number of alkyl carbamates (subject to hydrolysis) is 1.